The number of aryl methyl sites for hydroxylation is 1. The average Bonchev–Trinajstić information content (AvgIpc) is 3.25. The van der Waals surface area contributed by atoms with Crippen LogP contribution in [-0.2, 0) is 4.79 Å². The Morgan fingerprint density at radius 3 is 2.39 bits per heavy atom. The molecule has 0 bridgehead atoms. The van der Waals surface area contributed by atoms with E-state index in [9.17, 15) is 4.79 Å². The molecule has 178 valence electrons. The normalized spacial score (nSPS) is 17.2. The lowest BCUT2D eigenvalue weighted by Crippen LogP contribution is -2.52. The Morgan fingerprint density at radius 1 is 1.09 bits per heavy atom. The van der Waals surface area contributed by atoms with Crippen LogP contribution in [0.3, 0.4) is 0 Å². The van der Waals surface area contributed by atoms with Gasteiger partial charge in [0.05, 0.1) is 15.2 Å². The van der Waals surface area contributed by atoms with Crippen LogP contribution in [0, 0.1) is 6.92 Å². The number of halogens is 2. The zero-order valence-electron chi connectivity index (χ0n) is 19.2. The van der Waals surface area contributed by atoms with Crippen LogP contribution in [0.2, 0.25) is 5.02 Å². The van der Waals surface area contributed by atoms with Gasteiger partial charge in [-0.25, -0.2) is 4.98 Å². The number of carbonyl (C=O) groups excluding carboxylic acids is 1. The number of nitrogens with zero attached hydrogens (tertiary/aromatic N) is 3. The molecule has 1 aliphatic rings. The second kappa shape index (κ2) is 10.9. The van der Waals surface area contributed by atoms with Gasteiger partial charge in [-0.05, 0) is 50.7 Å². The number of hydrogen-bond donors (Lipinski definition) is 0. The molecule has 1 aliphatic heterocycles. The molecule has 0 saturated carbocycles. The zero-order valence-corrected chi connectivity index (χ0v) is 21.6. The third-order valence-corrected chi connectivity index (χ3v) is 7.34. The van der Waals surface area contributed by atoms with Crippen molar-refractivity contribution >= 4 is 56.6 Å². The van der Waals surface area contributed by atoms with Crippen LogP contribution in [0.1, 0.15) is 26.3 Å². The molecule has 0 fully saturated rings. The number of thiazole rings is 1. The molecule has 9 heteroatoms. The summed E-state index contributed by atoms with van der Waals surface area (Å²) in [6.07, 6.45) is -1.18. The van der Waals surface area contributed by atoms with Crippen molar-refractivity contribution in [3.8, 4) is 11.5 Å². The number of likely N-dealkylation sites (N-methyl/N-ethyl adjacent to an activating group) is 1. The summed E-state index contributed by atoms with van der Waals surface area (Å²) < 4.78 is 13.0. The largest absolute Gasteiger partial charge is 0.482 e. The van der Waals surface area contributed by atoms with Crippen LogP contribution in [0.25, 0.3) is 10.2 Å². The first-order valence-electron chi connectivity index (χ1n) is 10.9. The number of amides is 1. The Morgan fingerprint density at radius 2 is 1.76 bits per heavy atom. The summed E-state index contributed by atoms with van der Waals surface area (Å²) in [5.41, 5.74) is 1.86. The number of rotatable bonds is 7. The molecule has 4 rings (SSSR count). The van der Waals surface area contributed by atoms with Crippen LogP contribution < -0.4 is 14.4 Å². The minimum Gasteiger partial charge on any atom is -0.482 e. The van der Waals surface area contributed by atoms with Gasteiger partial charge in [0.15, 0.2) is 16.6 Å². The van der Waals surface area contributed by atoms with Crippen molar-refractivity contribution in [2.75, 3.05) is 31.1 Å². The Balaban J connectivity index is 0.00000306. The third kappa shape index (κ3) is 5.22. The molecule has 0 spiro atoms. The molecule has 3 aromatic rings. The maximum atomic E-state index is 13.8. The van der Waals surface area contributed by atoms with Gasteiger partial charge in [-0.3, -0.25) is 9.69 Å². The molecule has 6 nitrogen and oxygen atoms in total. The summed E-state index contributed by atoms with van der Waals surface area (Å²) in [5.74, 6) is 1.07. The summed E-state index contributed by atoms with van der Waals surface area (Å²) in [7, 11) is 0. The summed E-state index contributed by atoms with van der Waals surface area (Å²) in [6, 6.07) is 11.3. The summed E-state index contributed by atoms with van der Waals surface area (Å²) >= 11 is 7.88. The van der Waals surface area contributed by atoms with E-state index in [0.29, 0.717) is 28.2 Å². The molecule has 2 aromatic carbocycles. The van der Waals surface area contributed by atoms with E-state index in [-0.39, 0.29) is 18.3 Å². The molecule has 2 atom stereocenters. The lowest BCUT2D eigenvalue weighted by atomic mass is 10.1. The van der Waals surface area contributed by atoms with Crippen molar-refractivity contribution in [1.29, 1.82) is 0 Å². The first kappa shape index (κ1) is 25.6. The monoisotopic (exact) mass is 509 g/mol. The minimum absolute atomic E-state index is 0. The fourth-order valence-electron chi connectivity index (χ4n) is 3.83. The third-order valence-electron chi connectivity index (χ3n) is 5.80. The molecule has 0 radical (unpaired) electrons. The summed E-state index contributed by atoms with van der Waals surface area (Å²) in [4.78, 5) is 22.6. The van der Waals surface area contributed by atoms with Gasteiger partial charge < -0.3 is 14.4 Å². The Bertz CT molecular complexity index is 1080. The molecule has 1 aromatic heterocycles. The van der Waals surface area contributed by atoms with Gasteiger partial charge >= 0.3 is 0 Å². The number of benzene rings is 2. The van der Waals surface area contributed by atoms with Crippen LogP contribution in [0.5, 0.6) is 11.5 Å². The first-order valence-corrected chi connectivity index (χ1v) is 12.1. The van der Waals surface area contributed by atoms with E-state index >= 15 is 0 Å². The fourth-order valence-corrected chi connectivity index (χ4v) is 5.18. The number of para-hydroxylation sites is 2. The highest BCUT2D eigenvalue weighted by molar-refractivity contribution is 7.23. The number of aromatic nitrogens is 1. The van der Waals surface area contributed by atoms with Crippen molar-refractivity contribution in [2.45, 2.75) is 39.9 Å². The van der Waals surface area contributed by atoms with Crippen molar-refractivity contribution < 1.29 is 14.3 Å². The van der Waals surface area contributed by atoms with E-state index in [1.54, 1.807) is 4.90 Å². The van der Waals surface area contributed by atoms with Crippen LogP contribution in [-0.4, -0.2) is 54.2 Å². The van der Waals surface area contributed by atoms with Gasteiger partial charge in [0.2, 0.25) is 6.10 Å². The predicted molar refractivity (Wildman–Crippen MR) is 138 cm³/mol. The van der Waals surface area contributed by atoms with Gasteiger partial charge in [-0.2, -0.15) is 0 Å². The lowest BCUT2D eigenvalue weighted by molar-refractivity contribution is -0.130. The molecule has 1 amide bonds. The van der Waals surface area contributed by atoms with Crippen molar-refractivity contribution in [3.63, 3.8) is 0 Å². The first-order chi connectivity index (χ1) is 15.4. The topological polar surface area (TPSA) is 54.9 Å². The smallest absolute Gasteiger partial charge is 0.273 e. The number of fused-ring (bicyclic) bond motifs is 2. The van der Waals surface area contributed by atoms with E-state index in [1.165, 1.54) is 11.3 Å². The zero-order chi connectivity index (χ0) is 22.8. The molecule has 0 saturated heterocycles. The van der Waals surface area contributed by atoms with Gasteiger partial charge in [-0.1, -0.05) is 55.0 Å². The number of hydrogen-bond acceptors (Lipinski definition) is 6. The molecule has 2 heterocycles. The average molecular weight is 510 g/mol. The lowest BCUT2D eigenvalue weighted by Gasteiger charge is -2.34. The number of ether oxygens (including phenoxy) is 2. The SMILES string of the molecule is CCN(CC)CCN(C(=O)C1Oc2ccccc2OC1C)c1nc2c(C)ccc(Cl)c2s1.Cl. The Kier molecular flexibility index (Phi) is 8.45. The van der Waals surface area contributed by atoms with Crippen molar-refractivity contribution in [2.24, 2.45) is 0 Å². The van der Waals surface area contributed by atoms with Crippen molar-refractivity contribution in [3.05, 3.63) is 47.0 Å². The van der Waals surface area contributed by atoms with Gasteiger partial charge in [0, 0.05) is 13.1 Å². The van der Waals surface area contributed by atoms with E-state index in [2.05, 4.69) is 18.7 Å². The second-order valence-corrected chi connectivity index (χ2v) is 9.25. The standard InChI is InChI=1S/C24H28ClN3O3S.ClH/c1-5-27(6-2)13-14-28(24-26-20-15(3)11-12-17(25)22(20)32-24)23(29)21-16(4)30-18-9-7-8-10-19(18)31-21;/h7-12,16,21H,5-6,13-14H2,1-4H3;1H. The van der Waals surface area contributed by atoms with Gasteiger partial charge in [0.25, 0.3) is 5.91 Å². The second-order valence-electron chi connectivity index (χ2n) is 7.86. The van der Waals surface area contributed by atoms with Gasteiger partial charge in [-0.15, -0.1) is 12.4 Å². The molecular formula is C24H29Cl2N3O3S. The predicted octanol–water partition coefficient (Wildman–Crippen LogP) is 5.58. The Labute approximate surface area is 209 Å². The number of carbonyl (C=O) groups is 1. The fraction of sp³-hybridized carbons (Fsp3) is 0.417. The Hall–Kier alpha value is -2.06. The maximum absolute atomic E-state index is 13.8. The van der Waals surface area contributed by atoms with E-state index in [1.807, 2.05) is 50.2 Å². The minimum atomic E-state index is -0.759. The van der Waals surface area contributed by atoms with E-state index < -0.39 is 12.2 Å². The summed E-state index contributed by atoms with van der Waals surface area (Å²) in [5, 5.41) is 1.27. The van der Waals surface area contributed by atoms with E-state index in [4.69, 9.17) is 26.1 Å². The van der Waals surface area contributed by atoms with Crippen molar-refractivity contribution in [1.82, 2.24) is 9.88 Å². The highest BCUT2D eigenvalue weighted by Gasteiger charge is 2.38. The maximum Gasteiger partial charge on any atom is 0.273 e. The quantitative estimate of drug-likeness (QED) is 0.415. The summed E-state index contributed by atoms with van der Waals surface area (Å²) in [6.45, 7) is 11.2. The van der Waals surface area contributed by atoms with Crippen LogP contribution in [0.15, 0.2) is 36.4 Å². The molecular weight excluding hydrogens is 481 g/mol. The highest BCUT2D eigenvalue weighted by atomic mass is 35.5. The van der Waals surface area contributed by atoms with Gasteiger partial charge in [0.1, 0.15) is 6.10 Å². The van der Waals surface area contributed by atoms with E-state index in [0.717, 1.165) is 35.4 Å². The molecule has 33 heavy (non-hydrogen) atoms. The molecule has 2 unspecified atom stereocenters. The highest BCUT2D eigenvalue weighted by Crippen LogP contribution is 2.38. The molecule has 0 N–H and O–H groups in total. The molecule has 0 aliphatic carbocycles. The number of anilines is 1. The van der Waals surface area contributed by atoms with Crippen LogP contribution >= 0.6 is 35.3 Å². The van der Waals surface area contributed by atoms with Crippen LogP contribution in [0.4, 0.5) is 5.13 Å².